The molecule has 3 nitrogen and oxygen atoms in total. The number of benzene rings is 3. The van der Waals surface area contributed by atoms with Crippen LogP contribution < -0.4 is 9.80 Å². The van der Waals surface area contributed by atoms with Gasteiger partial charge in [-0.25, -0.2) is 0 Å². The Morgan fingerprint density at radius 2 is 1.43 bits per heavy atom. The lowest BCUT2D eigenvalue weighted by atomic mass is 9.83. The highest BCUT2D eigenvalue weighted by molar-refractivity contribution is 5.94. The summed E-state index contributed by atoms with van der Waals surface area (Å²) in [6, 6.07) is 21.8. The summed E-state index contributed by atoms with van der Waals surface area (Å²) in [6.45, 7) is 10.3. The van der Waals surface area contributed by atoms with Crippen LogP contribution in [0.15, 0.2) is 60.7 Å². The van der Waals surface area contributed by atoms with Gasteiger partial charge in [0.2, 0.25) is 0 Å². The fourth-order valence-corrected chi connectivity index (χ4v) is 5.30. The van der Waals surface area contributed by atoms with Crippen LogP contribution in [0.4, 0.5) is 11.4 Å². The lowest BCUT2D eigenvalue weighted by Gasteiger charge is -2.43. The van der Waals surface area contributed by atoms with E-state index < -0.39 is 5.54 Å². The molecule has 0 spiro atoms. The molecular weight excluding hydrogens is 368 g/mol. The minimum Gasteiger partial charge on any atom is -0.364 e. The average molecular weight is 397 g/mol. The second-order valence-electron chi connectivity index (χ2n) is 8.99. The van der Waals surface area contributed by atoms with Crippen molar-refractivity contribution in [2.45, 2.75) is 46.3 Å². The minimum atomic E-state index is -0.723. The number of fused-ring (bicyclic) bond motifs is 7. The van der Waals surface area contributed by atoms with Gasteiger partial charge in [0.25, 0.3) is 0 Å². The van der Waals surface area contributed by atoms with Crippen molar-refractivity contribution in [1.82, 2.24) is 0 Å². The molecule has 3 aromatic carbocycles. The summed E-state index contributed by atoms with van der Waals surface area (Å²) in [4.78, 5) is 18.4. The van der Waals surface area contributed by atoms with Crippen molar-refractivity contribution in [2.75, 3.05) is 16.3 Å². The first-order chi connectivity index (χ1) is 14.4. The zero-order chi connectivity index (χ0) is 21.0. The van der Waals surface area contributed by atoms with Gasteiger partial charge in [0, 0.05) is 24.5 Å². The quantitative estimate of drug-likeness (QED) is 0.576. The van der Waals surface area contributed by atoms with Crippen molar-refractivity contribution < 1.29 is 4.79 Å². The number of hydrogen-bond acceptors (Lipinski definition) is 3. The Kier molecular flexibility index (Phi) is 4.25. The molecule has 0 unspecified atom stereocenters. The average Bonchev–Trinajstić information content (AvgIpc) is 2.92. The molecule has 0 saturated heterocycles. The van der Waals surface area contributed by atoms with Gasteiger partial charge in [-0.05, 0) is 56.5 Å². The molecule has 3 aromatic rings. The zero-order valence-electron chi connectivity index (χ0n) is 18.2. The van der Waals surface area contributed by atoms with E-state index in [4.69, 9.17) is 0 Å². The van der Waals surface area contributed by atoms with Crippen LogP contribution in [-0.2, 0) is 23.4 Å². The van der Waals surface area contributed by atoms with E-state index in [0.29, 0.717) is 6.54 Å². The van der Waals surface area contributed by atoms with E-state index in [-0.39, 0.29) is 5.78 Å². The minimum absolute atomic E-state index is 0.191. The van der Waals surface area contributed by atoms with Crippen molar-refractivity contribution in [3.63, 3.8) is 0 Å². The smallest absolute Gasteiger partial charge is 0.161 e. The predicted molar refractivity (Wildman–Crippen MR) is 123 cm³/mol. The fraction of sp³-hybridized carbons (Fsp3) is 0.296. The second kappa shape index (κ2) is 6.73. The van der Waals surface area contributed by atoms with E-state index in [0.717, 1.165) is 18.7 Å². The maximum Gasteiger partial charge on any atom is 0.161 e. The van der Waals surface area contributed by atoms with Crippen LogP contribution in [0.2, 0.25) is 0 Å². The molecule has 0 saturated carbocycles. The first kappa shape index (κ1) is 18.9. The van der Waals surface area contributed by atoms with E-state index in [2.05, 4.69) is 91.2 Å². The molecule has 3 heteroatoms. The summed E-state index contributed by atoms with van der Waals surface area (Å²) in [5.74, 6) is 0.191. The monoisotopic (exact) mass is 396 g/mol. The largest absolute Gasteiger partial charge is 0.364 e. The molecule has 0 aliphatic carbocycles. The first-order valence-electron chi connectivity index (χ1n) is 10.7. The van der Waals surface area contributed by atoms with Crippen molar-refractivity contribution in [1.29, 1.82) is 0 Å². The molecule has 2 aliphatic heterocycles. The molecule has 5 rings (SSSR count). The highest BCUT2D eigenvalue weighted by Crippen LogP contribution is 2.46. The van der Waals surface area contributed by atoms with Crippen LogP contribution in [-0.4, -0.2) is 12.3 Å². The van der Waals surface area contributed by atoms with Gasteiger partial charge in [-0.1, -0.05) is 65.2 Å². The summed E-state index contributed by atoms with van der Waals surface area (Å²) < 4.78 is 0. The van der Waals surface area contributed by atoms with Crippen molar-refractivity contribution in [3.8, 4) is 0 Å². The van der Waals surface area contributed by atoms with Crippen LogP contribution in [0, 0.1) is 20.8 Å². The number of rotatable bonds is 2. The standard InChI is InChI=1S/C27H28N2O/c1-18-6-5-7-24(14-18)27(21(4)30)17-28-15-22-12-20(3)9-11-26(22)29(27)16-23-13-19(2)8-10-25(23)28/h5-14H,15-17H2,1-4H3/t27-/m1/s1. The topological polar surface area (TPSA) is 23.6 Å². The maximum absolute atomic E-state index is 13.6. The molecular formula is C27H28N2O. The van der Waals surface area contributed by atoms with Gasteiger partial charge in [0.05, 0.1) is 6.54 Å². The van der Waals surface area contributed by atoms with Crippen LogP contribution >= 0.6 is 0 Å². The Hall–Kier alpha value is -3.07. The molecule has 0 amide bonds. The summed E-state index contributed by atoms with van der Waals surface area (Å²) in [5, 5.41) is 0. The summed E-state index contributed by atoms with van der Waals surface area (Å²) in [5.41, 5.74) is 9.04. The Labute approximate surface area is 178 Å². The predicted octanol–water partition coefficient (Wildman–Crippen LogP) is 5.44. The maximum atomic E-state index is 13.6. The number of nitrogens with zero attached hydrogens (tertiary/aromatic N) is 2. The van der Waals surface area contributed by atoms with Gasteiger partial charge in [-0.3, -0.25) is 4.79 Å². The van der Waals surface area contributed by atoms with Crippen LogP contribution in [0.3, 0.4) is 0 Å². The molecule has 0 aromatic heterocycles. The van der Waals surface area contributed by atoms with Crippen LogP contribution in [0.25, 0.3) is 0 Å². The molecule has 2 heterocycles. The number of carbonyl (C=O) groups excluding carboxylic acids is 1. The summed E-state index contributed by atoms with van der Waals surface area (Å²) >= 11 is 0. The Bertz CT molecular complexity index is 1170. The fourth-order valence-electron chi connectivity index (χ4n) is 5.30. The Balaban J connectivity index is 1.83. The van der Waals surface area contributed by atoms with Crippen molar-refractivity contribution >= 4 is 17.2 Å². The number of carbonyl (C=O) groups is 1. The van der Waals surface area contributed by atoms with E-state index in [1.807, 2.05) is 0 Å². The first-order valence-corrected chi connectivity index (χ1v) is 10.7. The van der Waals surface area contributed by atoms with Crippen LogP contribution in [0.1, 0.15) is 40.3 Å². The van der Waals surface area contributed by atoms with Gasteiger partial charge in [0.1, 0.15) is 5.54 Å². The molecule has 0 fully saturated rings. The molecule has 2 aliphatic rings. The highest BCUT2D eigenvalue weighted by atomic mass is 16.1. The SMILES string of the molecule is CC(=O)[C@@]1(c2cccc(C)c2)CN2Cc3cc(C)ccc3N1Cc1cc(C)ccc12. The number of hydrogen-bond donors (Lipinski definition) is 0. The number of anilines is 2. The third-order valence-corrected chi connectivity index (χ3v) is 6.75. The Morgan fingerprint density at radius 3 is 2.10 bits per heavy atom. The lowest BCUT2D eigenvalue weighted by molar-refractivity contribution is -0.122. The molecule has 1 atom stereocenters. The molecule has 0 radical (unpaired) electrons. The number of ketones is 1. The van der Waals surface area contributed by atoms with Gasteiger partial charge in [-0.15, -0.1) is 0 Å². The van der Waals surface area contributed by atoms with E-state index in [9.17, 15) is 4.79 Å². The second-order valence-corrected chi connectivity index (χ2v) is 8.99. The van der Waals surface area contributed by atoms with Gasteiger partial charge in [-0.2, -0.15) is 0 Å². The molecule has 30 heavy (non-hydrogen) atoms. The number of Topliss-reactive ketones (excluding diaryl/α,β-unsaturated/α-hetero) is 1. The zero-order valence-corrected chi connectivity index (χ0v) is 18.2. The van der Waals surface area contributed by atoms with E-state index in [1.165, 1.54) is 39.2 Å². The van der Waals surface area contributed by atoms with E-state index >= 15 is 0 Å². The van der Waals surface area contributed by atoms with Crippen LogP contribution in [0.5, 0.6) is 0 Å². The summed E-state index contributed by atoms with van der Waals surface area (Å²) in [7, 11) is 0. The highest BCUT2D eigenvalue weighted by Gasteiger charge is 2.49. The third kappa shape index (κ3) is 2.76. The van der Waals surface area contributed by atoms with Crippen molar-refractivity contribution in [2.24, 2.45) is 0 Å². The van der Waals surface area contributed by atoms with Gasteiger partial charge >= 0.3 is 0 Å². The van der Waals surface area contributed by atoms with Gasteiger partial charge < -0.3 is 9.80 Å². The van der Waals surface area contributed by atoms with E-state index in [1.54, 1.807) is 6.92 Å². The summed E-state index contributed by atoms with van der Waals surface area (Å²) in [6.07, 6.45) is 0. The Morgan fingerprint density at radius 1 is 0.800 bits per heavy atom. The molecule has 0 N–H and O–H groups in total. The normalized spacial score (nSPS) is 19.7. The third-order valence-electron chi connectivity index (χ3n) is 6.75. The van der Waals surface area contributed by atoms with Gasteiger partial charge in [0.15, 0.2) is 5.78 Å². The molecule has 2 bridgehead atoms. The van der Waals surface area contributed by atoms with Crippen molar-refractivity contribution in [3.05, 3.63) is 94.0 Å². The number of aryl methyl sites for hydroxylation is 3. The lowest BCUT2D eigenvalue weighted by Crippen LogP contribution is -2.55. The molecule has 152 valence electrons.